The lowest BCUT2D eigenvalue weighted by atomic mass is 9.89. The zero-order chi connectivity index (χ0) is 11.4. The molecular formula is C10H16N2O3. The lowest BCUT2D eigenvalue weighted by molar-refractivity contribution is -0.131. The van der Waals surface area contributed by atoms with Crippen molar-refractivity contribution in [1.82, 2.24) is 10.6 Å². The third-order valence-corrected chi connectivity index (χ3v) is 2.43. The molecule has 1 saturated carbocycles. The van der Waals surface area contributed by atoms with Gasteiger partial charge in [0.2, 0.25) is 11.8 Å². The summed E-state index contributed by atoms with van der Waals surface area (Å²) in [6.07, 6.45) is 2.16. The predicted molar refractivity (Wildman–Crippen MR) is 54.1 cm³/mol. The fraction of sp³-hybridized carbons (Fsp3) is 0.700. The average molecular weight is 212 g/mol. The van der Waals surface area contributed by atoms with Gasteiger partial charge in [-0.1, -0.05) is 0 Å². The van der Waals surface area contributed by atoms with Gasteiger partial charge in [-0.2, -0.15) is 0 Å². The molecule has 84 valence electrons. The largest absolute Gasteiger partial charge is 0.346 e. The SMILES string of the molecule is CC(=O)N[C@H]1CCC[C@H](NC(C)=O)C1=O. The maximum atomic E-state index is 11.8. The molecular weight excluding hydrogens is 196 g/mol. The van der Waals surface area contributed by atoms with Gasteiger partial charge >= 0.3 is 0 Å². The molecule has 2 amide bonds. The molecule has 0 aromatic heterocycles. The van der Waals surface area contributed by atoms with E-state index in [4.69, 9.17) is 0 Å². The number of carbonyl (C=O) groups is 3. The number of ketones is 1. The van der Waals surface area contributed by atoms with E-state index in [1.807, 2.05) is 0 Å². The molecule has 0 heterocycles. The summed E-state index contributed by atoms with van der Waals surface area (Å²) >= 11 is 0. The Kier molecular flexibility index (Phi) is 3.82. The van der Waals surface area contributed by atoms with E-state index in [0.29, 0.717) is 12.8 Å². The van der Waals surface area contributed by atoms with Gasteiger partial charge in [0.25, 0.3) is 0 Å². The number of hydrogen-bond donors (Lipinski definition) is 2. The normalized spacial score (nSPS) is 25.9. The van der Waals surface area contributed by atoms with Gasteiger partial charge in [-0.25, -0.2) is 0 Å². The summed E-state index contributed by atoms with van der Waals surface area (Å²) < 4.78 is 0. The molecule has 0 spiro atoms. The van der Waals surface area contributed by atoms with Crippen molar-refractivity contribution < 1.29 is 14.4 Å². The van der Waals surface area contributed by atoms with E-state index < -0.39 is 12.1 Å². The van der Waals surface area contributed by atoms with E-state index in [2.05, 4.69) is 10.6 Å². The molecule has 15 heavy (non-hydrogen) atoms. The summed E-state index contributed by atoms with van der Waals surface area (Å²) in [4.78, 5) is 33.4. The minimum atomic E-state index is -0.437. The third-order valence-electron chi connectivity index (χ3n) is 2.43. The quantitative estimate of drug-likeness (QED) is 0.662. The maximum absolute atomic E-state index is 11.8. The second kappa shape index (κ2) is 4.91. The Morgan fingerprint density at radius 2 is 1.47 bits per heavy atom. The van der Waals surface area contributed by atoms with Crippen LogP contribution >= 0.6 is 0 Å². The molecule has 2 atom stereocenters. The van der Waals surface area contributed by atoms with Crippen molar-refractivity contribution in [2.45, 2.75) is 45.2 Å². The van der Waals surface area contributed by atoms with Crippen molar-refractivity contribution >= 4 is 17.6 Å². The molecule has 0 bridgehead atoms. The van der Waals surface area contributed by atoms with Gasteiger partial charge < -0.3 is 10.6 Å². The van der Waals surface area contributed by atoms with Crippen LogP contribution in [-0.2, 0) is 14.4 Å². The summed E-state index contributed by atoms with van der Waals surface area (Å²) in [6, 6.07) is -0.874. The molecule has 1 fully saturated rings. The molecule has 0 aliphatic heterocycles. The van der Waals surface area contributed by atoms with E-state index in [0.717, 1.165) is 6.42 Å². The molecule has 1 rings (SSSR count). The van der Waals surface area contributed by atoms with Crippen LogP contribution in [0.1, 0.15) is 33.1 Å². The first-order chi connectivity index (χ1) is 7.00. The zero-order valence-electron chi connectivity index (χ0n) is 9.00. The van der Waals surface area contributed by atoms with Gasteiger partial charge in [-0.3, -0.25) is 14.4 Å². The molecule has 1 aliphatic carbocycles. The first-order valence-corrected chi connectivity index (χ1v) is 5.08. The number of carbonyl (C=O) groups excluding carboxylic acids is 3. The highest BCUT2D eigenvalue weighted by Gasteiger charge is 2.31. The molecule has 0 saturated heterocycles. The fourth-order valence-corrected chi connectivity index (χ4v) is 1.83. The van der Waals surface area contributed by atoms with Gasteiger partial charge in [-0.15, -0.1) is 0 Å². The molecule has 0 aromatic carbocycles. The maximum Gasteiger partial charge on any atom is 0.217 e. The van der Waals surface area contributed by atoms with E-state index in [-0.39, 0.29) is 17.6 Å². The Labute approximate surface area is 88.6 Å². The number of hydrogen-bond acceptors (Lipinski definition) is 3. The topological polar surface area (TPSA) is 75.3 Å². The number of Topliss-reactive ketones (excluding diaryl/α,β-unsaturated/α-hetero) is 1. The van der Waals surface area contributed by atoms with Crippen molar-refractivity contribution in [3.63, 3.8) is 0 Å². The van der Waals surface area contributed by atoms with Gasteiger partial charge in [0.05, 0.1) is 12.1 Å². The first-order valence-electron chi connectivity index (χ1n) is 5.08. The second-order valence-electron chi connectivity index (χ2n) is 3.84. The summed E-state index contributed by atoms with van der Waals surface area (Å²) in [5.74, 6) is -0.514. The second-order valence-corrected chi connectivity index (χ2v) is 3.84. The molecule has 2 N–H and O–H groups in total. The number of nitrogens with one attached hydrogen (secondary N) is 2. The van der Waals surface area contributed by atoms with Crippen LogP contribution in [0.5, 0.6) is 0 Å². The van der Waals surface area contributed by atoms with Gasteiger partial charge in [-0.05, 0) is 19.3 Å². The molecule has 0 unspecified atom stereocenters. The molecule has 1 aliphatic rings. The smallest absolute Gasteiger partial charge is 0.217 e. The van der Waals surface area contributed by atoms with Crippen molar-refractivity contribution in [1.29, 1.82) is 0 Å². The zero-order valence-corrected chi connectivity index (χ0v) is 9.00. The van der Waals surface area contributed by atoms with Crippen molar-refractivity contribution in [2.75, 3.05) is 0 Å². The van der Waals surface area contributed by atoms with Crippen LogP contribution in [0, 0.1) is 0 Å². The molecule has 5 heteroatoms. The predicted octanol–water partition coefficient (Wildman–Crippen LogP) is -0.251. The van der Waals surface area contributed by atoms with E-state index in [9.17, 15) is 14.4 Å². The summed E-state index contributed by atoms with van der Waals surface area (Å²) in [6.45, 7) is 2.77. The van der Waals surface area contributed by atoms with Crippen LogP contribution in [0.4, 0.5) is 0 Å². The number of amides is 2. The number of rotatable bonds is 2. The fourth-order valence-electron chi connectivity index (χ4n) is 1.83. The van der Waals surface area contributed by atoms with Gasteiger partial charge in [0.15, 0.2) is 5.78 Å². The Balaban J connectivity index is 2.58. The minimum Gasteiger partial charge on any atom is -0.346 e. The monoisotopic (exact) mass is 212 g/mol. The highest BCUT2D eigenvalue weighted by atomic mass is 16.2. The van der Waals surface area contributed by atoms with E-state index >= 15 is 0 Å². The van der Waals surface area contributed by atoms with Crippen LogP contribution < -0.4 is 10.6 Å². The van der Waals surface area contributed by atoms with Crippen LogP contribution in [0.25, 0.3) is 0 Å². The van der Waals surface area contributed by atoms with Gasteiger partial charge in [0.1, 0.15) is 0 Å². The minimum absolute atomic E-state index is 0.0911. The van der Waals surface area contributed by atoms with E-state index in [1.165, 1.54) is 13.8 Å². The highest BCUT2D eigenvalue weighted by Crippen LogP contribution is 2.15. The molecule has 0 aromatic rings. The molecule has 5 nitrogen and oxygen atoms in total. The van der Waals surface area contributed by atoms with Crippen LogP contribution in [-0.4, -0.2) is 29.7 Å². The average Bonchev–Trinajstić information content (AvgIpc) is 2.10. The lowest BCUT2D eigenvalue weighted by Crippen LogP contribution is -2.53. The van der Waals surface area contributed by atoms with Crippen molar-refractivity contribution in [2.24, 2.45) is 0 Å². The Hall–Kier alpha value is -1.39. The summed E-state index contributed by atoms with van der Waals surface area (Å²) in [7, 11) is 0. The standard InChI is InChI=1S/C10H16N2O3/c1-6(13)11-8-4-3-5-9(10(8)15)12-7(2)14/h8-9H,3-5H2,1-2H3,(H,11,13)(H,12,14)/t8-,9-/m0/s1. The van der Waals surface area contributed by atoms with Crippen molar-refractivity contribution in [3.05, 3.63) is 0 Å². The highest BCUT2D eigenvalue weighted by molar-refractivity contribution is 5.95. The Morgan fingerprint density at radius 1 is 1.07 bits per heavy atom. The Bertz CT molecular complexity index is 262. The third kappa shape index (κ3) is 3.34. The summed E-state index contributed by atoms with van der Waals surface area (Å²) in [5, 5.41) is 5.19. The first kappa shape index (κ1) is 11.7. The van der Waals surface area contributed by atoms with Crippen molar-refractivity contribution in [3.8, 4) is 0 Å². The van der Waals surface area contributed by atoms with Crippen LogP contribution in [0.2, 0.25) is 0 Å². The Morgan fingerprint density at radius 3 is 1.80 bits per heavy atom. The van der Waals surface area contributed by atoms with Gasteiger partial charge in [0, 0.05) is 13.8 Å². The lowest BCUT2D eigenvalue weighted by Gasteiger charge is -2.28. The van der Waals surface area contributed by atoms with E-state index in [1.54, 1.807) is 0 Å². The summed E-state index contributed by atoms with van der Waals surface area (Å²) in [5.41, 5.74) is 0. The van der Waals surface area contributed by atoms with Crippen LogP contribution in [0.3, 0.4) is 0 Å². The van der Waals surface area contributed by atoms with Crippen LogP contribution in [0.15, 0.2) is 0 Å². The molecule has 0 radical (unpaired) electrons.